The van der Waals surface area contributed by atoms with Crippen molar-refractivity contribution in [3.63, 3.8) is 0 Å². The third-order valence-corrected chi connectivity index (χ3v) is 3.34. The van der Waals surface area contributed by atoms with Crippen molar-refractivity contribution in [1.82, 2.24) is 9.97 Å². The fraction of sp³-hybridized carbons (Fsp3) is 0.250. The van der Waals surface area contributed by atoms with Crippen molar-refractivity contribution in [2.24, 2.45) is 0 Å². The molecule has 0 unspecified atom stereocenters. The van der Waals surface area contributed by atoms with Crippen molar-refractivity contribution in [2.75, 3.05) is 18.0 Å². The third-order valence-electron chi connectivity index (χ3n) is 3.34. The second-order valence-corrected chi connectivity index (χ2v) is 4.73. The van der Waals surface area contributed by atoms with Gasteiger partial charge in [-0.25, -0.2) is 4.98 Å². The standard InChI is InChI=1S/C16H17N3/c1-2-13-19(12-1)16-5-3-4-15(18-16)7-6-14-8-10-17-11-9-14/h3-11H,1-2,12-13H2/b7-6+. The smallest absolute Gasteiger partial charge is 0.129 e. The van der Waals surface area contributed by atoms with E-state index in [0.717, 1.165) is 30.2 Å². The second-order valence-electron chi connectivity index (χ2n) is 4.73. The van der Waals surface area contributed by atoms with Gasteiger partial charge in [0.15, 0.2) is 0 Å². The molecule has 3 heteroatoms. The van der Waals surface area contributed by atoms with E-state index in [0.29, 0.717) is 0 Å². The summed E-state index contributed by atoms with van der Waals surface area (Å²) in [5, 5.41) is 0. The van der Waals surface area contributed by atoms with Gasteiger partial charge in [-0.05, 0) is 48.7 Å². The summed E-state index contributed by atoms with van der Waals surface area (Å²) in [6, 6.07) is 10.2. The monoisotopic (exact) mass is 251 g/mol. The van der Waals surface area contributed by atoms with Gasteiger partial charge in [-0.1, -0.05) is 12.1 Å². The SMILES string of the molecule is C(=C\c1cccc(N2CCCC2)n1)/c1ccncc1. The Kier molecular flexibility index (Phi) is 3.54. The molecule has 3 heterocycles. The Morgan fingerprint density at radius 1 is 0.947 bits per heavy atom. The molecule has 0 aromatic carbocycles. The van der Waals surface area contributed by atoms with E-state index in [-0.39, 0.29) is 0 Å². The molecule has 2 aromatic heterocycles. The second kappa shape index (κ2) is 5.65. The summed E-state index contributed by atoms with van der Waals surface area (Å²) in [7, 11) is 0. The van der Waals surface area contributed by atoms with Gasteiger partial charge in [0.2, 0.25) is 0 Å². The summed E-state index contributed by atoms with van der Waals surface area (Å²) < 4.78 is 0. The fourth-order valence-electron chi connectivity index (χ4n) is 2.31. The van der Waals surface area contributed by atoms with Crippen LogP contribution in [0.3, 0.4) is 0 Å². The van der Waals surface area contributed by atoms with Gasteiger partial charge in [-0.3, -0.25) is 4.98 Å². The maximum atomic E-state index is 4.69. The van der Waals surface area contributed by atoms with Crippen LogP contribution in [0.25, 0.3) is 12.2 Å². The van der Waals surface area contributed by atoms with Gasteiger partial charge >= 0.3 is 0 Å². The van der Waals surface area contributed by atoms with Crippen LogP contribution in [-0.2, 0) is 0 Å². The van der Waals surface area contributed by atoms with Crippen molar-refractivity contribution >= 4 is 18.0 Å². The molecule has 3 nitrogen and oxygen atoms in total. The number of aromatic nitrogens is 2. The number of pyridine rings is 2. The average molecular weight is 251 g/mol. The summed E-state index contributed by atoms with van der Waals surface area (Å²) in [6.07, 6.45) is 10.3. The zero-order valence-electron chi connectivity index (χ0n) is 10.9. The number of nitrogens with zero attached hydrogens (tertiary/aromatic N) is 3. The Morgan fingerprint density at radius 3 is 2.53 bits per heavy atom. The highest BCUT2D eigenvalue weighted by Crippen LogP contribution is 2.18. The Hall–Kier alpha value is -2.16. The summed E-state index contributed by atoms with van der Waals surface area (Å²) >= 11 is 0. The molecule has 2 aromatic rings. The Morgan fingerprint density at radius 2 is 1.74 bits per heavy atom. The number of hydrogen-bond acceptors (Lipinski definition) is 3. The van der Waals surface area contributed by atoms with Crippen LogP contribution in [0.5, 0.6) is 0 Å². The molecule has 0 aliphatic carbocycles. The Bertz CT molecular complexity index is 557. The van der Waals surface area contributed by atoms with E-state index < -0.39 is 0 Å². The number of hydrogen-bond donors (Lipinski definition) is 0. The minimum atomic E-state index is 1.00. The summed E-state index contributed by atoms with van der Waals surface area (Å²) in [4.78, 5) is 11.1. The van der Waals surface area contributed by atoms with Gasteiger partial charge in [0.25, 0.3) is 0 Å². The number of rotatable bonds is 3. The van der Waals surface area contributed by atoms with Crippen LogP contribution in [-0.4, -0.2) is 23.1 Å². The molecule has 0 saturated carbocycles. The van der Waals surface area contributed by atoms with Crippen molar-refractivity contribution < 1.29 is 0 Å². The third kappa shape index (κ3) is 2.99. The van der Waals surface area contributed by atoms with E-state index in [2.05, 4.69) is 34.2 Å². The molecule has 0 atom stereocenters. The Balaban J connectivity index is 1.78. The highest BCUT2D eigenvalue weighted by atomic mass is 15.2. The van der Waals surface area contributed by atoms with E-state index in [4.69, 9.17) is 4.98 Å². The molecule has 0 radical (unpaired) electrons. The van der Waals surface area contributed by atoms with Gasteiger partial charge in [0.05, 0.1) is 5.69 Å². The van der Waals surface area contributed by atoms with Crippen LogP contribution in [0.1, 0.15) is 24.1 Å². The highest BCUT2D eigenvalue weighted by molar-refractivity contribution is 5.68. The fourth-order valence-corrected chi connectivity index (χ4v) is 2.31. The minimum absolute atomic E-state index is 1.00. The molecule has 3 rings (SSSR count). The topological polar surface area (TPSA) is 29.0 Å². The van der Waals surface area contributed by atoms with Crippen LogP contribution < -0.4 is 4.90 Å². The van der Waals surface area contributed by atoms with E-state index in [1.165, 1.54) is 12.8 Å². The molecule has 0 bridgehead atoms. The first-order chi connectivity index (χ1) is 9.42. The summed E-state index contributed by atoms with van der Waals surface area (Å²) in [5.41, 5.74) is 2.14. The lowest BCUT2D eigenvalue weighted by Crippen LogP contribution is -2.18. The highest BCUT2D eigenvalue weighted by Gasteiger charge is 2.12. The van der Waals surface area contributed by atoms with Crippen molar-refractivity contribution in [3.05, 3.63) is 54.0 Å². The van der Waals surface area contributed by atoms with E-state index in [1.54, 1.807) is 12.4 Å². The first-order valence-corrected chi connectivity index (χ1v) is 6.72. The van der Waals surface area contributed by atoms with E-state index >= 15 is 0 Å². The van der Waals surface area contributed by atoms with Crippen LogP contribution in [0, 0.1) is 0 Å². The molecule has 96 valence electrons. The van der Waals surface area contributed by atoms with Gasteiger partial charge in [-0.15, -0.1) is 0 Å². The molecule has 1 aliphatic heterocycles. The lowest BCUT2D eigenvalue weighted by Gasteiger charge is -2.16. The van der Waals surface area contributed by atoms with Crippen LogP contribution >= 0.6 is 0 Å². The zero-order chi connectivity index (χ0) is 12.9. The molecule has 0 spiro atoms. The van der Waals surface area contributed by atoms with Crippen LogP contribution in [0.15, 0.2) is 42.7 Å². The molecule has 1 saturated heterocycles. The maximum absolute atomic E-state index is 4.69. The van der Waals surface area contributed by atoms with E-state index in [9.17, 15) is 0 Å². The average Bonchev–Trinajstić information content (AvgIpc) is 3.01. The first-order valence-electron chi connectivity index (χ1n) is 6.72. The molecule has 0 N–H and O–H groups in total. The number of anilines is 1. The van der Waals surface area contributed by atoms with Gasteiger partial charge in [0, 0.05) is 25.5 Å². The van der Waals surface area contributed by atoms with Crippen LogP contribution in [0.2, 0.25) is 0 Å². The van der Waals surface area contributed by atoms with Gasteiger partial charge in [0.1, 0.15) is 5.82 Å². The van der Waals surface area contributed by atoms with Crippen molar-refractivity contribution in [2.45, 2.75) is 12.8 Å². The first kappa shape index (κ1) is 11.9. The molecule has 0 amide bonds. The van der Waals surface area contributed by atoms with Gasteiger partial charge < -0.3 is 4.90 Å². The van der Waals surface area contributed by atoms with Crippen molar-refractivity contribution in [1.29, 1.82) is 0 Å². The molecular formula is C16H17N3. The Labute approximate surface area is 113 Å². The predicted molar refractivity (Wildman–Crippen MR) is 78.8 cm³/mol. The molecule has 1 fully saturated rings. The lowest BCUT2D eigenvalue weighted by atomic mass is 10.2. The molecular weight excluding hydrogens is 234 g/mol. The lowest BCUT2D eigenvalue weighted by molar-refractivity contribution is 0.936. The van der Waals surface area contributed by atoms with Crippen molar-refractivity contribution in [3.8, 4) is 0 Å². The van der Waals surface area contributed by atoms with Crippen LogP contribution in [0.4, 0.5) is 5.82 Å². The quantitative estimate of drug-likeness (QED) is 0.838. The largest absolute Gasteiger partial charge is 0.357 e. The predicted octanol–water partition coefficient (Wildman–Crippen LogP) is 3.25. The van der Waals surface area contributed by atoms with Gasteiger partial charge in [-0.2, -0.15) is 0 Å². The van der Waals surface area contributed by atoms with E-state index in [1.807, 2.05) is 18.2 Å². The maximum Gasteiger partial charge on any atom is 0.129 e. The normalized spacial score (nSPS) is 15.3. The zero-order valence-corrected chi connectivity index (χ0v) is 10.9. The minimum Gasteiger partial charge on any atom is -0.357 e. The molecule has 1 aliphatic rings. The molecule has 19 heavy (non-hydrogen) atoms. The summed E-state index contributed by atoms with van der Waals surface area (Å²) in [6.45, 7) is 2.26. The summed E-state index contributed by atoms with van der Waals surface area (Å²) in [5.74, 6) is 1.09.